The van der Waals surface area contributed by atoms with Crippen molar-refractivity contribution in [2.45, 2.75) is 20.8 Å². The van der Waals surface area contributed by atoms with E-state index in [-0.39, 0.29) is 0 Å². The van der Waals surface area contributed by atoms with Crippen LogP contribution in [0.25, 0.3) is 0 Å². The Morgan fingerprint density at radius 1 is 1.21 bits per heavy atom. The van der Waals surface area contributed by atoms with E-state index in [1.54, 1.807) is 12.3 Å². The van der Waals surface area contributed by atoms with Gasteiger partial charge in [0.2, 0.25) is 0 Å². The smallest absolute Gasteiger partial charge is 0.150 e. The lowest BCUT2D eigenvalue weighted by molar-refractivity contribution is 1.26. The molecule has 96 valence electrons. The van der Waals surface area contributed by atoms with Crippen LogP contribution in [-0.2, 0) is 0 Å². The van der Waals surface area contributed by atoms with Crippen molar-refractivity contribution in [1.82, 2.24) is 4.98 Å². The van der Waals surface area contributed by atoms with Crippen LogP contribution in [0, 0.1) is 32.1 Å². The van der Waals surface area contributed by atoms with E-state index in [4.69, 9.17) is 16.9 Å². The first kappa shape index (κ1) is 13.4. The summed E-state index contributed by atoms with van der Waals surface area (Å²) in [7, 11) is 0. The van der Waals surface area contributed by atoms with Crippen LogP contribution in [-0.4, -0.2) is 4.98 Å². The van der Waals surface area contributed by atoms with E-state index in [2.05, 4.69) is 29.4 Å². The summed E-state index contributed by atoms with van der Waals surface area (Å²) in [6.45, 7) is 6.13. The van der Waals surface area contributed by atoms with Crippen molar-refractivity contribution in [1.29, 1.82) is 5.26 Å². The molecule has 3 nitrogen and oxygen atoms in total. The normalized spacial score (nSPS) is 10.1. The third kappa shape index (κ3) is 2.69. The van der Waals surface area contributed by atoms with Crippen LogP contribution in [0.3, 0.4) is 0 Å². The summed E-state index contributed by atoms with van der Waals surface area (Å²) in [5.74, 6) is 0.510. The van der Waals surface area contributed by atoms with Gasteiger partial charge in [0.1, 0.15) is 11.1 Å². The van der Waals surface area contributed by atoms with Crippen LogP contribution in [0.2, 0.25) is 5.02 Å². The number of nitriles is 1. The summed E-state index contributed by atoms with van der Waals surface area (Å²) in [6, 6.07) is 7.84. The van der Waals surface area contributed by atoms with Gasteiger partial charge in [-0.1, -0.05) is 29.3 Å². The Labute approximate surface area is 117 Å². The molecule has 0 amide bonds. The average molecular weight is 272 g/mol. The Bertz CT molecular complexity index is 649. The lowest BCUT2D eigenvalue weighted by atomic mass is 10.1. The highest BCUT2D eigenvalue weighted by atomic mass is 35.5. The number of hydrogen-bond acceptors (Lipinski definition) is 3. The second kappa shape index (κ2) is 5.29. The van der Waals surface area contributed by atoms with Gasteiger partial charge in [-0.2, -0.15) is 5.26 Å². The number of aryl methyl sites for hydroxylation is 3. The van der Waals surface area contributed by atoms with E-state index in [9.17, 15) is 0 Å². The number of hydrogen-bond donors (Lipinski definition) is 1. The van der Waals surface area contributed by atoms with Gasteiger partial charge in [0.15, 0.2) is 5.82 Å². The fraction of sp³-hybridized carbons (Fsp3) is 0.200. The Morgan fingerprint density at radius 2 is 1.84 bits per heavy atom. The maximum absolute atomic E-state index is 8.96. The number of pyridine rings is 1. The predicted molar refractivity (Wildman–Crippen MR) is 77.9 cm³/mol. The number of halogens is 1. The molecule has 0 bridgehead atoms. The number of nitrogens with zero attached hydrogens (tertiary/aromatic N) is 2. The summed E-state index contributed by atoms with van der Waals surface area (Å²) in [4.78, 5) is 4.19. The van der Waals surface area contributed by atoms with Crippen molar-refractivity contribution < 1.29 is 0 Å². The largest absolute Gasteiger partial charge is 0.339 e. The molecule has 2 rings (SSSR count). The van der Waals surface area contributed by atoms with E-state index in [0.29, 0.717) is 16.4 Å². The molecule has 2 aromatic rings. The van der Waals surface area contributed by atoms with E-state index in [1.807, 2.05) is 19.9 Å². The van der Waals surface area contributed by atoms with Crippen LogP contribution in [0.5, 0.6) is 0 Å². The molecule has 0 unspecified atom stereocenters. The molecule has 0 fully saturated rings. The molecule has 1 aromatic carbocycles. The van der Waals surface area contributed by atoms with E-state index in [1.165, 1.54) is 5.56 Å². The molecule has 0 saturated carbocycles. The van der Waals surface area contributed by atoms with Crippen molar-refractivity contribution in [3.05, 3.63) is 51.7 Å². The van der Waals surface area contributed by atoms with E-state index >= 15 is 0 Å². The third-order valence-electron chi connectivity index (χ3n) is 2.93. The zero-order valence-corrected chi connectivity index (χ0v) is 11.8. The van der Waals surface area contributed by atoms with E-state index in [0.717, 1.165) is 16.8 Å². The van der Waals surface area contributed by atoms with Gasteiger partial charge >= 0.3 is 0 Å². The second-order valence-corrected chi connectivity index (χ2v) is 4.91. The number of anilines is 2. The number of benzene rings is 1. The van der Waals surface area contributed by atoms with Gasteiger partial charge in [0, 0.05) is 11.9 Å². The zero-order valence-electron chi connectivity index (χ0n) is 11.1. The van der Waals surface area contributed by atoms with Crippen LogP contribution >= 0.6 is 11.6 Å². The molecule has 0 atom stereocenters. The molecule has 0 saturated heterocycles. The molecule has 0 aliphatic carbocycles. The standard InChI is InChI=1S/C15H14ClN3/c1-9-6-10(2)14(11(3)7-9)19-15-13(16)12(8-17)4-5-18-15/h4-7H,1-3H3,(H,18,19). The summed E-state index contributed by atoms with van der Waals surface area (Å²) >= 11 is 6.15. The van der Waals surface area contributed by atoms with Gasteiger partial charge < -0.3 is 5.32 Å². The molecular weight excluding hydrogens is 258 g/mol. The van der Waals surface area contributed by atoms with Crippen molar-refractivity contribution in [2.24, 2.45) is 0 Å². The number of aromatic nitrogens is 1. The minimum absolute atomic E-state index is 0.351. The highest BCUT2D eigenvalue weighted by Gasteiger charge is 2.10. The average Bonchev–Trinajstić information content (AvgIpc) is 2.35. The fourth-order valence-electron chi connectivity index (χ4n) is 2.11. The van der Waals surface area contributed by atoms with Gasteiger partial charge in [-0.3, -0.25) is 0 Å². The van der Waals surface area contributed by atoms with Crippen LogP contribution in [0.15, 0.2) is 24.4 Å². The Balaban J connectivity index is 2.46. The zero-order chi connectivity index (χ0) is 14.0. The van der Waals surface area contributed by atoms with E-state index < -0.39 is 0 Å². The van der Waals surface area contributed by atoms with Gasteiger partial charge in [-0.25, -0.2) is 4.98 Å². The molecule has 4 heteroatoms. The van der Waals surface area contributed by atoms with Gasteiger partial charge in [0.05, 0.1) is 5.56 Å². The quantitative estimate of drug-likeness (QED) is 0.887. The topological polar surface area (TPSA) is 48.7 Å². The molecule has 0 radical (unpaired) electrons. The molecule has 1 aromatic heterocycles. The lowest BCUT2D eigenvalue weighted by Gasteiger charge is -2.14. The molecule has 0 aliphatic heterocycles. The summed E-state index contributed by atoms with van der Waals surface area (Å²) in [5.41, 5.74) is 4.86. The summed E-state index contributed by atoms with van der Waals surface area (Å²) < 4.78 is 0. The van der Waals surface area contributed by atoms with Gasteiger partial charge in [-0.05, 0) is 38.0 Å². The molecule has 0 spiro atoms. The maximum Gasteiger partial charge on any atom is 0.150 e. The molecule has 1 N–H and O–H groups in total. The molecule has 1 heterocycles. The maximum atomic E-state index is 8.96. The first-order valence-electron chi connectivity index (χ1n) is 5.92. The highest BCUT2D eigenvalue weighted by molar-refractivity contribution is 6.34. The molecule has 0 aliphatic rings. The number of nitrogens with one attached hydrogen (secondary N) is 1. The van der Waals surface area contributed by atoms with Crippen LogP contribution < -0.4 is 5.32 Å². The first-order chi connectivity index (χ1) is 9.02. The van der Waals surface area contributed by atoms with Crippen molar-refractivity contribution in [3.8, 4) is 6.07 Å². The van der Waals surface area contributed by atoms with Crippen molar-refractivity contribution in [3.63, 3.8) is 0 Å². The summed E-state index contributed by atoms with van der Waals surface area (Å²) in [5, 5.41) is 12.5. The SMILES string of the molecule is Cc1cc(C)c(Nc2nccc(C#N)c2Cl)c(C)c1. The Kier molecular flexibility index (Phi) is 3.73. The minimum atomic E-state index is 0.351. The van der Waals surface area contributed by atoms with Gasteiger partial charge in [0.25, 0.3) is 0 Å². The summed E-state index contributed by atoms with van der Waals surface area (Å²) in [6.07, 6.45) is 1.58. The Hall–Kier alpha value is -2.05. The predicted octanol–water partition coefficient (Wildman–Crippen LogP) is 4.28. The lowest BCUT2D eigenvalue weighted by Crippen LogP contribution is -2.00. The monoisotopic (exact) mass is 271 g/mol. The molecule has 19 heavy (non-hydrogen) atoms. The molecular formula is C15H14ClN3. The van der Waals surface area contributed by atoms with Crippen LogP contribution in [0.4, 0.5) is 11.5 Å². The third-order valence-corrected chi connectivity index (χ3v) is 3.31. The van der Waals surface area contributed by atoms with Crippen molar-refractivity contribution in [2.75, 3.05) is 5.32 Å². The van der Waals surface area contributed by atoms with Crippen molar-refractivity contribution >= 4 is 23.1 Å². The van der Waals surface area contributed by atoms with Crippen LogP contribution in [0.1, 0.15) is 22.3 Å². The second-order valence-electron chi connectivity index (χ2n) is 4.53. The number of rotatable bonds is 2. The minimum Gasteiger partial charge on any atom is -0.339 e. The van der Waals surface area contributed by atoms with Gasteiger partial charge in [-0.15, -0.1) is 0 Å². The fourth-order valence-corrected chi connectivity index (χ4v) is 2.31. The highest BCUT2D eigenvalue weighted by Crippen LogP contribution is 2.30. The first-order valence-corrected chi connectivity index (χ1v) is 6.30. The Morgan fingerprint density at radius 3 is 2.42 bits per heavy atom.